The summed E-state index contributed by atoms with van der Waals surface area (Å²) in [6.07, 6.45) is 4.94. The van der Waals surface area contributed by atoms with Crippen molar-refractivity contribution in [3.05, 3.63) is 35.9 Å². The fourth-order valence-corrected chi connectivity index (χ4v) is 3.41. The summed E-state index contributed by atoms with van der Waals surface area (Å²) in [5, 5.41) is 5.63. The molecule has 1 rings (SSSR count). The Balaban J connectivity index is 1.97. The van der Waals surface area contributed by atoms with E-state index in [9.17, 15) is 14.4 Å². The number of unbranched alkanes of at least 4 members (excludes halogenated alkanes) is 3. The lowest BCUT2D eigenvalue weighted by Crippen LogP contribution is -2.33. The molecule has 0 aromatic heterocycles. The Morgan fingerprint density at radius 1 is 0.938 bits per heavy atom. The van der Waals surface area contributed by atoms with Crippen LogP contribution in [0.3, 0.4) is 0 Å². The van der Waals surface area contributed by atoms with Gasteiger partial charge in [-0.1, -0.05) is 65.8 Å². The molecule has 1 aromatic rings. The van der Waals surface area contributed by atoms with Gasteiger partial charge >= 0.3 is 12.1 Å². The van der Waals surface area contributed by atoms with E-state index in [-0.39, 0.29) is 15.8 Å². The summed E-state index contributed by atoms with van der Waals surface area (Å²) in [6.45, 7) is 6.93. The molecule has 0 aliphatic heterocycles. The van der Waals surface area contributed by atoms with Crippen molar-refractivity contribution in [2.45, 2.75) is 81.8 Å². The number of nitrogens with one attached hydrogen (secondary N) is 2. The summed E-state index contributed by atoms with van der Waals surface area (Å²) in [4.78, 5) is 35.5. The molecule has 7 nitrogen and oxygen atoms in total. The highest BCUT2D eigenvalue weighted by atomic mass is 127. The molecule has 0 spiro atoms. The molecule has 0 saturated carbocycles. The second-order valence-corrected chi connectivity index (χ2v) is 10.1. The number of hydrogen-bond donors (Lipinski definition) is 2. The zero-order valence-electron chi connectivity index (χ0n) is 19.5. The highest BCUT2D eigenvalue weighted by molar-refractivity contribution is 14.1. The first-order valence-electron chi connectivity index (χ1n) is 11.3. The van der Waals surface area contributed by atoms with Gasteiger partial charge in [-0.05, 0) is 52.0 Å². The van der Waals surface area contributed by atoms with Crippen molar-refractivity contribution in [1.82, 2.24) is 10.6 Å². The topological polar surface area (TPSA) is 93.7 Å². The van der Waals surface area contributed by atoms with Crippen LogP contribution in [0.25, 0.3) is 0 Å². The van der Waals surface area contributed by atoms with E-state index in [4.69, 9.17) is 9.47 Å². The minimum absolute atomic E-state index is 0.0402. The van der Waals surface area contributed by atoms with Gasteiger partial charge in [-0.2, -0.15) is 0 Å². The van der Waals surface area contributed by atoms with Gasteiger partial charge < -0.3 is 20.1 Å². The number of esters is 1. The maximum absolute atomic E-state index is 12.1. The molecule has 32 heavy (non-hydrogen) atoms. The molecule has 1 aromatic carbocycles. The Bertz CT molecular complexity index is 691. The molecule has 0 aliphatic rings. The molecule has 0 fully saturated rings. The second-order valence-electron chi connectivity index (χ2n) is 8.65. The third kappa shape index (κ3) is 15.0. The molecule has 2 amide bonds. The standard InChI is InChI=1S/C24H37IN2O5/c1-24(2,3)32-23(30)27-17-10-5-8-15-21(28)26-16-11-9-14-20(25)22(29)31-18-19-12-6-4-7-13-19/h4,6-7,12-13,20H,5,8-11,14-18H2,1-3H3,(H,26,28)(H,27,30). The van der Waals surface area contributed by atoms with E-state index in [1.807, 2.05) is 51.1 Å². The van der Waals surface area contributed by atoms with Crippen molar-refractivity contribution >= 4 is 40.6 Å². The first kappa shape index (κ1) is 28.2. The van der Waals surface area contributed by atoms with E-state index < -0.39 is 11.7 Å². The molecular formula is C24H37IN2O5. The van der Waals surface area contributed by atoms with Gasteiger partial charge in [0.05, 0.1) is 0 Å². The molecule has 2 N–H and O–H groups in total. The van der Waals surface area contributed by atoms with E-state index in [1.165, 1.54) is 0 Å². The molecule has 0 radical (unpaired) electrons. The molecule has 1 unspecified atom stereocenters. The first-order chi connectivity index (χ1) is 15.2. The predicted octanol–water partition coefficient (Wildman–Crippen LogP) is 4.91. The highest BCUT2D eigenvalue weighted by Gasteiger charge is 2.16. The van der Waals surface area contributed by atoms with Gasteiger partial charge in [-0.3, -0.25) is 9.59 Å². The highest BCUT2D eigenvalue weighted by Crippen LogP contribution is 2.14. The molecule has 1 atom stereocenters. The Labute approximate surface area is 205 Å². The first-order valence-corrected chi connectivity index (χ1v) is 12.5. The number of carbonyl (C=O) groups excluding carboxylic acids is 3. The Hall–Kier alpha value is -1.84. The summed E-state index contributed by atoms with van der Waals surface area (Å²) in [7, 11) is 0. The van der Waals surface area contributed by atoms with Crippen LogP contribution in [0.4, 0.5) is 4.79 Å². The molecule has 0 bridgehead atoms. The summed E-state index contributed by atoms with van der Waals surface area (Å²) in [5.74, 6) is -0.155. The van der Waals surface area contributed by atoms with Gasteiger partial charge in [0.25, 0.3) is 0 Å². The van der Waals surface area contributed by atoms with Crippen molar-refractivity contribution in [3.8, 4) is 0 Å². The molecule has 180 valence electrons. The van der Waals surface area contributed by atoms with E-state index in [1.54, 1.807) is 0 Å². The summed E-state index contributed by atoms with van der Waals surface area (Å²) in [6, 6.07) is 9.63. The van der Waals surface area contributed by atoms with Gasteiger partial charge in [0.15, 0.2) is 0 Å². The molecule has 0 heterocycles. The molecule has 8 heteroatoms. The maximum atomic E-state index is 12.1. The number of halogens is 1. The summed E-state index contributed by atoms with van der Waals surface area (Å²) < 4.78 is 10.3. The zero-order chi connectivity index (χ0) is 23.8. The van der Waals surface area contributed by atoms with Crippen molar-refractivity contribution in [2.75, 3.05) is 13.1 Å². The number of hydrogen-bond acceptors (Lipinski definition) is 5. The Morgan fingerprint density at radius 3 is 2.28 bits per heavy atom. The van der Waals surface area contributed by atoms with Crippen molar-refractivity contribution in [3.63, 3.8) is 0 Å². The van der Waals surface area contributed by atoms with Gasteiger partial charge in [0.2, 0.25) is 5.91 Å². The van der Waals surface area contributed by atoms with Crippen LogP contribution in [0.15, 0.2) is 30.3 Å². The van der Waals surface area contributed by atoms with E-state index in [0.29, 0.717) is 26.1 Å². The van der Waals surface area contributed by atoms with Crippen LogP contribution < -0.4 is 10.6 Å². The summed E-state index contributed by atoms with van der Waals surface area (Å²) >= 11 is 2.12. The number of ether oxygens (including phenoxy) is 2. The third-order valence-electron chi connectivity index (χ3n) is 4.44. The van der Waals surface area contributed by atoms with Crippen molar-refractivity contribution in [1.29, 1.82) is 0 Å². The van der Waals surface area contributed by atoms with Crippen LogP contribution in [0.2, 0.25) is 0 Å². The number of carbonyl (C=O) groups is 3. The second kappa shape index (κ2) is 15.9. The lowest BCUT2D eigenvalue weighted by molar-refractivity contribution is -0.144. The van der Waals surface area contributed by atoms with Crippen molar-refractivity contribution in [2.24, 2.45) is 0 Å². The molecular weight excluding hydrogens is 523 g/mol. The van der Waals surface area contributed by atoms with Crippen LogP contribution in [0, 0.1) is 0 Å². The number of alkyl carbamates (subject to hydrolysis) is 1. The normalized spacial score (nSPS) is 12.0. The van der Waals surface area contributed by atoms with Gasteiger partial charge in [0.1, 0.15) is 16.1 Å². The zero-order valence-corrected chi connectivity index (χ0v) is 21.6. The predicted molar refractivity (Wildman–Crippen MR) is 134 cm³/mol. The minimum Gasteiger partial charge on any atom is -0.460 e. The van der Waals surface area contributed by atoms with Crippen LogP contribution in [0.5, 0.6) is 0 Å². The van der Waals surface area contributed by atoms with Crippen LogP contribution in [-0.2, 0) is 25.7 Å². The fraction of sp³-hybridized carbons (Fsp3) is 0.625. The lowest BCUT2D eigenvalue weighted by atomic mass is 10.1. The Kier molecular flexibility index (Phi) is 14.0. The third-order valence-corrected chi connectivity index (χ3v) is 5.57. The molecule has 0 saturated heterocycles. The van der Waals surface area contributed by atoms with E-state index in [0.717, 1.165) is 44.1 Å². The maximum Gasteiger partial charge on any atom is 0.407 e. The number of alkyl halides is 1. The van der Waals surface area contributed by atoms with E-state index in [2.05, 4.69) is 33.2 Å². The SMILES string of the molecule is CC(C)(C)OC(=O)NCCCCCC(=O)NCCCCC(I)C(=O)OCc1ccccc1. The number of amides is 2. The fourth-order valence-electron chi connectivity index (χ4n) is 2.79. The number of rotatable bonds is 14. The molecule has 0 aliphatic carbocycles. The average molecular weight is 560 g/mol. The lowest BCUT2D eigenvalue weighted by Gasteiger charge is -2.19. The van der Waals surface area contributed by atoms with Gasteiger partial charge in [0, 0.05) is 19.5 Å². The van der Waals surface area contributed by atoms with Gasteiger partial charge in [-0.15, -0.1) is 0 Å². The largest absolute Gasteiger partial charge is 0.460 e. The van der Waals surface area contributed by atoms with E-state index >= 15 is 0 Å². The van der Waals surface area contributed by atoms with Crippen LogP contribution in [-0.4, -0.2) is 40.6 Å². The summed E-state index contributed by atoms with van der Waals surface area (Å²) in [5.41, 5.74) is 0.484. The minimum atomic E-state index is -0.495. The van der Waals surface area contributed by atoms with Crippen molar-refractivity contribution < 1.29 is 23.9 Å². The van der Waals surface area contributed by atoms with Crippen LogP contribution in [0.1, 0.15) is 71.3 Å². The Morgan fingerprint density at radius 2 is 1.59 bits per heavy atom. The number of benzene rings is 1. The van der Waals surface area contributed by atoms with Crippen LogP contribution >= 0.6 is 22.6 Å². The quantitative estimate of drug-likeness (QED) is 0.146. The smallest absolute Gasteiger partial charge is 0.407 e. The average Bonchev–Trinajstić information content (AvgIpc) is 2.73. The van der Waals surface area contributed by atoms with Gasteiger partial charge in [-0.25, -0.2) is 4.79 Å². The monoisotopic (exact) mass is 560 g/mol.